The van der Waals surface area contributed by atoms with E-state index in [1.54, 1.807) is 29.2 Å². The zero-order chi connectivity index (χ0) is 19.2. The van der Waals surface area contributed by atoms with Crippen molar-refractivity contribution in [3.63, 3.8) is 0 Å². The van der Waals surface area contributed by atoms with E-state index in [0.29, 0.717) is 25.4 Å². The van der Waals surface area contributed by atoms with E-state index in [1.807, 2.05) is 20.8 Å². The minimum atomic E-state index is -3.66. The van der Waals surface area contributed by atoms with Crippen molar-refractivity contribution in [2.75, 3.05) is 39.3 Å². The van der Waals surface area contributed by atoms with Gasteiger partial charge < -0.3 is 15.0 Å². The summed E-state index contributed by atoms with van der Waals surface area (Å²) in [5.74, 6) is 0.635. The standard InChI is InChI=1S/C18H29N3O4S/c1-4-25-16-5-7-17(8-6-16)26(23,24)21(15(2)3)12-9-18(22)20-13-10-19-11-14-20/h5-8,15,19H,4,9-14H2,1-3H3. The van der Waals surface area contributed by atoms with Gasteiger partial charge in [0.05, 0.1) is 11.5 Å². The first-order chi connectivity index (χ1) is 12.4. The quantitative estimate of drug-likeness (QED) is 0.732. The number of hydrogen-bond donors (Lipinski definition) is 1. The van der Waals surface area contributed by atoms with Crippen molar-refractivity contribution in [1.29, 1.82) is 0 Å². The highest BCUT2D eigenvalue weighted by atomic mass is 32.2. The van der Waals surface area contributed by atoms with Crippen LogP contribution in [0, 0.1) is 0 Å². The van der Waals surface area contributed by atoms with Crippen LogP contribution < -0.4 is 10.1 Å². The number of nitrogens with one attached hydrogen (secondary N) is 1. The monoisotopic (exact) mass is 383 g/mol. The Hall–Kier alpha value is -1.64. The molecule has 1 aromatic carbocycles. The van der Waals surface area contributed by atoms with Crippen LogP contribution in [-0.4, -0.2) is 68.9 Å². The maximum absolute atomic E-state index is 13.0. The molecule has 7 nitrogen and oxygen atoms in total. The van der Waals surface area contributed by atoms with Crippen molar-refractivity contribution in [3.8, 4) is 5.75 Å². The van der Waals surface area contributed by atoms with Crippen LogP contribution in [-0.2, 0) is 14.8 Å². The van der Waals surface area contributed by atoms with E-state index in [2.05, 4.69) is 5.32 Å². The van der Waals surface area contributed by atoms with E-state index in [4.69, 9.17) is 4.74 Å². The third kappa shape index (κ3) is 5.18. The Morgan fingerprint density at radius 3 is 2.38 bits per heavy atom. The highest BCUT2D eigenvalue weighted by molar-refractivity contribution is 7.89. The Bertz CT molecular complexity index is 683. The molecule has 26 heavy (non-hydrogen) atoms. The molecule has 146 valence electrons. The predicted octanol–water partition coefficient (Wildman–Crippen LogP) is 1.31. The molecular formula is C18H29N3O4S. The average Bonchev–Trinajstić information content (AvgIpc) is 2.62. The van der Waals surface area contributed by atoms with Gasteiger partial charge in [-0.2, -0.15) is 4.31 Å². The van der Waals surface area contributed by atoms with Gasteiger partial charge in [-0.1, -0.05) is 0 Å². The highest BCUT2D eigenvalue weighted by Crippen LogP contribution is 2.22. The van der Waals surface area contributed by atoms with Gasteiger partial charge in [-0.25, -0.2) is 8.42 Å². The van der Waals surface area contributed by atoms with Crippen molar-refractivity contribution in [3.05, 3.63) is 24.3 Å². The number of carbonyl (C=O) groups excluding carboxylic acids is 1. The number of rotatable bonds is 8. The van der Waals surface area contributed by atoms with E-state index in [1.165, 1.54) is 4.31 Å². The fraction of sp³-hybridized carbons (Fsp3) is 0.611. The second kappa shape index (κ2) is 9.34. The lowest BCUT2D eigenvalue weighted by Gasteiger charge is -2.30. The van der Waals surface area contributed by atoms with Gasteiger partial charge in [-0.3, -0.25) is 4.79 Å². The van der Waals surface area contributed by atoms with Crippen LogP contribution in [0.5, 0.6) is 5.75 Å². The predicted molar refractivity (Wildman–Crippen MR) is 101 cm³/mol. The lowest BCUT2D eigenvalue weighted by molar-refractivity contribution is -0.131. The molecule has 0 unspecified atom stereocenters. The molecule has 1 heterocycles. The van der Waals surface area contributed by atoms with Gasteiger partial charge in [0.15, 0.2) is 0 Å². The fourth-order valence-electron chi connectivity index (χ4n) is 2.94. The maximum atomic E-state index is 13.0. The number of nitrogens with zero attached hydrogens (tertiary/aromatic N) is 2. The lowest BCUT2D eigenvalue weighted by Crippen LogP contribution is -2.47. The number of amides is 1. The van der Waals surface area contributed by atoms with E-state index in [-0.39, 0.29) is 29.8 Å². The Morgan fingerprint density at radius 1 is 1.23 bits per heavy atom. The Labute approximate surface area is 156 Å². The second-order valence-electron chi connectivity index (χ2n) is 6.49. The van der Waals surface area contributed by atoms with Gasteiger partial charge in [-0.05, 0) is 45.0 Å². The van der Waals surface area contributed by atoms with E-state index in [9.17, 15) is 13.2 Å². The maximum Gasteiger partial charge on any atom is 0.243 e. The molecule has 0 bridgehead atoms. The van der Waals surface area contributed by atoms with Crippen molar-refractivity contribution in [2.45, 2.75) is 38.1 Å². The van der Waals surface area contributed by atoms with Gasteiger partial charge in [0.25, 0.3) is 0 Å². The fourth-order valence-corrected chi connectivity index (χ4v) is 4.58. The Morgan fingerprint density at radius 2 is 1.85 bits per heavy atom. The average molecular weight is 384 g/mol. The van der Waals surface area contributed by atoms with E-state index in [0.717, 1.165) is 13.1 Å². The molecule has 1 aliphatic rings. The molecule has 0 spiro atoms. The van der Waals surface area contributed by atoms with Gasteiger partial charge >= 0.3 is 0 Å². The summed E-state index contributed by atoms with van der Waals surface area (Å²) < 4.78 is 32.7. The van der Waals surface area contributed by atoms with Crippen LogP contribution in [0.4, 0.5) is 0 Å². The molecule has 1 amide bonds. The van der Waals surface area contributed by atoms with Crippen LogP contribution >= 0.6 is 0 Å². The smallest absolute Gasteiger partial charge is 0.243 e. The minimum absolute atomic E-state index is 0.000885. The third-order valence-electron chi connectivity index (χ3n) is 4.33. The molecule has 1 fully saturated rings. The molecule has 0 saturated carbocycles. The molecule has 2 rings (SSSR count). The summed E-state index contributed by atoms with van der Waals surface area (Å²) in [6, 6.07) is 6.17. The molecule has 0 atom stereocenters. The third-order valence-corrected chi connectivity index (χ3v) is 6.42. The van der Waals surface area contributed by atoms with Crippen molar-refractivity contribution in [1.82, 2.24) is 14.5 Å². The van der Waals surface area contributed by atoms with Gasteiger partial charge in [-0.15, -0.1) is 0 Å². The summed E-state index contributed by atoms with van der Waals surface area (Å²) in [7, 11) is -3.66. The molecular weight excluding hydrogens is 354 g/mol. The topological polar surface area (TPSA) is 79.0 Å². The highest BCUT2D eigenvalue weighted by Gasteiger charge is 2.28. The summed E-state index contributed by atoms with van der Waals surface area (Å²) in [5, 5.41) is 3.20. The summed E-state index contributed by atoms with van der Waals surface area (Å²) in [6.07, 6.45) is 0.189. The van der Waals surface area contributed by atoms with E-state index >= 15 is 0 Å². The number of piperazine rings is 1. The summed E-state index contributed by atoms with van der Waals surface area (Å²) >= 11 is 0. The molecule has 0 radical (unpaired) electrons. The Kier molecular flexibility index (Phi) is 7.43. The minimum Gasteiger partial charge on any atom is -0.494 e. The summed E-state index contributed by atoms with van der Waals surface area (Å²) in [6.45, 7) is 9.13. The van der Waals surface area contributed by atoms with E-state index < -0.39 is 10.0 Å². The number of carbonyl (C=O) groups is 1. The molecule has 8 heteroatoms. The molecule has 0 aromatic heterocycles. The second-order valence-corrected chi connectivity index (χ2v) is 8.39. The van der Waals surface area contributed by atoms with Crippen LogP contribution in [0.2, 0.25) is 0 Å². The largest absolute Gasteiger partial charge is 0.494 e. The van der Waals surface area contributed by atoms with Crippen LogP contribution in [0.15, 0.2) is 29.2 Å². The van der Waals surface area contributed by atoms with Crippen LogP contribution in [0.25, 0.3) is 0 Å². The van der Waals surface area contributed by atoms with Gasteiger partial charge in [0, 0.05) is 45.2 Å². The Balaban J connectivity index is 2.07. The first-order valence-corrected chi connectivity index (χ1v) is 10.5. The molecule has 0 aliphatic carbocycles. The van der Waals surface area contributed by atoms with Crippen molar-refractivity contribution in [2.24, 2.45) is 0 Å². The zero-order valence-electron chi connectivity index (χ0n) is 15.8. The number of benzene rings is 1. The first-order valence-electron chi connectivity index (χ1n) is 9.09. The van der Waals surface area contributed by atoms with Crippen LogP contribution in [0.1, 0.15) is 27.2 Å². The van der Waals surface area contributed by atoms with Gasteiger partial charge in [0.1, 0.15) is 5.75 Å². The number of sulfonamides is 1. The van der Waals surface area contributed by atoms with Crippen molar-refractivity contribution >= 4 is 15.9 Å². The lowest BCUT2D eigenvalue weighted by atomic mass is 10.3. The summed E-state index contributed by atoms with van der Waals surface area (Å²) in [5.41, 5.74) is 0. The molecule has 1 aliphatic heterocycles. The number of ether oxygens (including phenoxy) is 1. The van der Waals surface area contributed by atoms with Crippen LogP contribution in [0.3, 0.4) is 0 Å². The summed E-state index contributed by atoms with van der Waals surface area (Å²) in [4.78, 5) is 14.4. The zero-order valence-corrected chi connectivity index (χ0v) is 16.6. The molecule has 1 saturated heterocycles. The van der Waals surface area contributed by atoms with Crippen molar-refractivity contribution < 1.29 is 17.9 Å². The number of hydrogen-bond acceptors (Lipinski definition) is 5. The molecule has 1 aromatic rings. The molecule has 1 N–H and O–H groups in total. The normalized spacial score (nSPS) is 15.5. The SMILES string of the molecule is CCOc1ccc(S(=O)(=O)N(CCC(=O)N2CCNCC2)C(C)C)cc1. The van der Waals surface area contributed by atoms with Gasteiger partial charge in [0.2, 0.25) is 15.9 Å². The first kappa shape index (κ1) is 20.7.